The lowest BCUT2D eigenvalue weighted by molar-refractivity contribution is -0.137. The highest BCUT2D eigenvalue weighted by molar-refractivity contribution is 5.62. The van der Waals surface area contributed by atoms with Gasteiger partial charge in [-0.25, -0.2) is 9.97 Å². The molecule has 26 heavy (non-hydrogen) atoms. The molecule has 0 saturated carbocycles. The number of nitrogens with one attached hydrogen (secondary N) is 1. The fourth-order valence-corrected chi connectivity index (χ4v) is 2.68. The maximum atomic E-state index is 12.7. The van der Waals surface area contributed by atoms with E-state index in [4.69, 9.17) is 0 Å². The predicted octanol–water partition coefficient (Wildman–Crippen LogP) is 4.49. The zero-order valence-corrected chi connectivity index (χ0v) is 14.0. The van der Waals surface area contributed by atoms with Crippen molar-refractivity contribution in [2.45, 2.75) is 19.1 Å². The maximum Gasteiger partial charge on any atom is 0.416 e. The van der Waals surface area contributed by atoms with Crippen LogP contribution >= 0.6 is 0 Å². The van der Waals surface area contributed by atoms with Crippen LogP contribution in [0.1, 0.15) is 16.7 Å². The number of aromatic nitrogens is 2. The van der Waals surface area contributed by atoms with Crippen molar-refractivity contribution in [3.63, 3.8) is 0 Å². The first-order valence-corrected chi connectivity index (χ1v) is 8.23. The van der Waals surface area contributed by atoms with Crippen molar-refractivity contribution in [3.8, 4) is 11.1 Å². The van der Waals surface area contributed by atoms with Crippen molar-refractivity contribution in [2.75, 3.05) is 6.54 Å². The Hall–Kier alpha value is -2.73. The van der Waals surface area contributed by atoms with E-state index in [9.17, 15) is 13.2 Å². The number of hydrogen-bond acceptors (Lipinski definition) is 3. The molecule has 2 aromatic carbocycles. The summed E-state index contributed by atoms with van der Waals surface area (Å²) < 4.78 is 38.2. The van der Waals surface area contributed by atoms with Crippen molar-refractivity contribution in [1.82, 2.24) is 15.3 Å². The van der Waals surface area contributed by atoms with E-state index in [0.29, 0.717) is 25.1 Å². The third-order valence-corrected chi connectivity index (χ3v) is 3.99. The second-order valence-electron chi connectivity index (χ2n) is 5.95. The zero-order valence-electron chi connectivity index (χ0n) is 14.0. The summed E-state index contributed by atoms with van der Waals surface area (Å²) in [4.78, 5) is 8.03. The van der Waals surface area contributed by atoms with Crippen LogP contribution in [0.2, 0.25) is 0 Å². The molecule has 3 rings (SSSR count). The van der Waals surface area contributed by atoms with Crippen LogP contribution in [-0.4, -0.2) is 16.5 Å². The second kappa shape index (κ2) is 8.10. The van der Waals surface area contributed by atoms with Gasteiger partial charge in [0, 0.05) is 24.5 Å². The summed E-state index contributed by atoms with van der Waals surface area (Å²) in [6.45, 7) is 1.24. The van der Waals surface area contributed by atoms with E-state index >= 15 is 0 Å². The Kier molecular flexibility index (Phi) is 5.63. The van der Waals surface area contributed by atoms with Gasteiger partial charge in [-0.15, -0.1) is 0 Å². The summed E-state index contributed by atoms with van der Waals surface area (Å²) in [6.07, 6.45) is 1.24. The van der Waals surface area contributed by atoms with Crippen molar-refractivity contribution in [2.24, 2.45) is 0 Å². The molecule has 134 valence electrons. The van der Waals surface area contributed by atoms with E-state index in [1.807, 2.05) is 18.2 Å². The first kappa shape index (κ1) is 18.1. The van der Waals surface area contributed by atoms with Gasteiger partial charge < -0.3 is 5.32 Å². The molecule has 0 radical (unpaired) electrons. The van der Waals surface area contributed by atoms with Crippen LogP contribution in [0.4, 0.5) is 13.2 Å². The van der Waals surface area contributed by atoms with E-state index in [0.717, 1.165) is 22.8 Å². The smallest absolute Gasteiger partial charge is 0.312 e. The maximum absolute atomic E-state index is 12.7. The topological polar surface area (TPSA) is 37.8 Å². The van der Waals surface area contributed by atoms with E-state index in [1.54, 1.807) is 18.5 Å². The van der Waals surface area contributed by atoms with Crippen molar-refractivity contribution in [1.29, 1.82) is 0 Å². The standard InChI is InChI=1S/C20H18F3N3/c21-20(22,23)19-6-2-3-15(10-19)7-8-24-11-16-4-1-5-17(9-16)18-12-25-14-26-13-18/h1-6,9-10,12-14,24H,7-8,11H2. The Morgan fingerprint density at radius 3 is 2.35 bits per heavy atom. The van der Waals surface area contributed by atoms with Crippen LogP contribution in [0.3, 0.4) is 0 Å². The molecule has 3 aromatic rings. The third kappa shape index (κ3) is 4.89. The van der Waals surface area contributed by atoms with E-state index < -0.39 is 11.7 Å². The Bertz CT molecular complexity index is 848. The van der Waals surface area contributed by atoms with Gasteiger partial charge in [0.2, 0.25) is 0 Å². The highest BCUT2D eigenvalue weighted by Gasteiger charge is 2.30. The fraction of sp³-hybridized carbons (Fsp3) is 0.200. The number of halogens is 3. The number of benzene rings is 2. The van der Waals surface area contributed by atoms with Crippen LogP contribution in [-0.2, 0) is 19.1 Å². The van der Waals surface area contributed by atoms with Gasteiger partial charge in [0.1, 0.15) is 6.33 Å². The van der Waals surface area contributed by atoms with E-state index in [1.165, 1.54) is 18.5 Å². The molecule has 1 heterocycles. The molecule has 1 aromatic heterocycles. The molecule has 6 heteroatoms. The average molecular weight is 357 g/mol. The van der Waals surface area contributed by atoms with Crippen LogP contribution in [0.15, 0.2) is 67.3 Å². The summed E-state index contributed by atoms with van der Waals surface area (Å²) in [7, 11) is 0. The van der Waals surface area contributed by atoms with Crippen molar-refractivity contribution >= 4 is 0 Å². The normalized spacial score (nSPS) is 11.5. The predicted molar refractivity (Wildman–Crippen MR) is 94.3 cm³/mol. The number of hydrogen-bond donors (Lipinski definition) is 1. The lowest BCUT2D eigenvalue weighted by atomic mass is 10.1. The third-order valence-electron chi connectivity index (χ3n) is 3.99. The Morgan fingerprint density at radius 2 is 1.58 bits per heavy atom. The number of alkyl halides is 3. The highest BCUT2D eigenvalue weighted by Crippen LogP contribution is 2.29. The van der Waals surface area contributed by atoms with Crippen molar-refractivity contribution in [3.05, 3.63) is 83.9 Å². The summed E-state index contributed by atoms with van der Waals surface area (Å²) in [5.74, 6) is 0. The minimum atomic E-state index is -4.30. The summed E-state index contributed by atoms with van der Waals surface area (Å²) >= 11 is 0. The average Bonchev–Trinajstić information content (AvgIpc) is 2.66. The fourth-order valence-electron chi connectivity index (χ4n) is 2.68. The molecular formula is C20H18F3N3. The minimum Gasteiger partial charge on any atom is -0.312 e. The molecule has 0 bridgehead atoms. The van der Waals surface area contributed by atoms with Gasteiger partial charge >= 0.3 is 6.18 Å². The lowest BCUT2D eigenvalue weighted by Crippen LogP contribution is -2.17. The molecule has 0 unspecified atom stereocenters. The molecule has 0 amide bonds. The summed E-state index contributed by atoms with van der Waals surface area (Å²) in [5, 5.41) is 3.27. The first-order valence-electron chi connectivity index (χ1n) is 8.23. The molecule has 1 N–H and O–H groups in total. The molecule has 0 aliphatic rings. The molecular weight excluding hydrogens is 339 g/mol. The van der Waals surface area contributed by atoms with Gasteiger partial charge in [-0.05, 0) is 41.8 Å². The largest absolute Gasteiger partial charge is 0.416 e. The van der Waals surface area contributed by atoms with Gasteiger partial charge in [0.25, 0.3) is 0 Å². The molecule has 0 aliphatic carbocycles. The summed E-state index contributed by atoms with van der Waals surface area (Å²) in [6, 6.07) is 13.5. The van der Waals surface area contributed by atoms with Gasteiger partial charge in [-0.1, -0.05) is 36.4 Å². The Morgan fingerprint density at radius 1 is 0.846 bits per heavy atom. The summed E-state index contributed by atoms with van der Waals surface area (Å²) in [5.41, 5.74) is 3.13. The molecule has 0 aliphatic heterocycles. The van der Waals surface area contributed by atoms with Crippen LogP contribution in [0.25, 0.3) is 11.1 Å². The van der Waals surface area contributed by atoms with Gasteiger partial charge in [-0.2, -0.15) is 13.2 Å². The Balaban J connectivity index is 1.55. The van der Waals surface area contributed by atoms with Gasteiger partial charge in [0.05, 0.1) is 5.56 Å². The van der Waals surface area contributed by atoms with E-state index in [2.05, 4.69) is 21.4 Å². The second-order valence-corrected chi connectivity index (χ2v) is 5.95. The monoisotopic (exact) mass is 357 g/mol. The molecule has 0 spiro atoms. The number of rotatable bonds is 6. The molecule has 0 fully saturated rings. The van der Waals surface area contributed by atoms with Gasteiger partial charge in [0.15, 0.2) is 0 Å². The highest BCUT2D eigenvalue weighted by atomic mass is 19.4. The molecule has 3 nitrogen and oxygen atoms in total. The van der Waals surface area contributed by atoms with Crippen LogP contribution in [0, 0.1) is 0 Å². The molecule has 0 saturated heterocycles. The Labute approximate surface area is 149 Å². The lowest BCUT2D eigenvalue weighted by Gasteiger charge is -2.10. The molecule has 0 atom stereocenters. The number of nitrogens with zero attached hydrogens (tertiary/aromatic N) is 2. The van der Waals surface area contributed by atoms with E-state index in [-0.39, 0.29) is 0 Å². The van der Waals surface area contributed by atoms with Gasteiger partial charge in [-0.3, -0.25) is 0 Å². The quantitative estimate of drug-likeness (QED) is 0.661. The SMILES string of the molecule is FC(F)(F)c1cccc(CCNCc2cccc(-c3cncnc3)c2)c1. The van der Waals surface area contributed by atoms with Crippen LogP contribution < -0.4 is 5.32 Å². The van der Waals surface area contributed by atoms with Crippen LogP contribution in [0.5, 0.6) is 0 Å². The van der Waals surface area contributed by atoms with Crippen molar-refractivity contribution < 1.29 is 13.2 Å². The first-order chi connectivity index (χ1) is 12.5. The minimum absolute atomic E-state index is 0.538. The zero-order chi connectivity index (χ0) is 18.4.